The summed E-state index contributed by atoms with van der Waals surface area (Å²) in [5, 5.41) is 2.70. The molecule has 1 rings (SSSR count). The molecule has 2 amide bonds. The number of nitrogens with two attached hydrogens (primary N) is 1. The molecule has 1 saturated carbocycles. The number of rotatable bonds is 3. The van der Waals surface area contributed by atoms with Crippen LogP contribution in [0.3, 0.4) is 0 Å². The van der Waals surface area contributed by atoms with E-state index in [1.54, 1.807) is 0 Å². The Bertz CT molecular complexity index is 251. The van der Waals surface area contributed by atoms with Crippen molar-refractivity contribution >= 4 is 11.8 Å². The van der Waals surface area contributed by atoms with Gasteiger partial charge in [0.15, 0.2) is 0 Å². The normalized spacial score (nSPS) is 18.8. The molecular weight excluding hydrogens is 180 g/mol. The maximum Gasteiger partial charge on any atom is 0.240 e. The second-order valence-electron chi connectivity index (χ2n) is 4.98. The average molecular weight is 198 g/mol. The van der Waals surface area contributed by atoms with Crippen molar-refractivity contribution in [1.82, 2.24) is 5.32 Å². The zero-order chi connectivity index (χ0) is 10.9. The Morgan fingerprint density at radius 1 is 1.36 bits per heavy atom. The number of hydrogen-bond donors (Lipinski definition) is 2. The SMILES string of the molecule is CC(C)(C)[C@H](NC(=O)C1CC1)C(N)=O. The summed E-state index contributed by atoms with van der Waals surface area (Å²) < 4.78 is 0. The van der Waals surface area contributed by atoms with Gasteiger partial charge in [0.2, 0.25) is 11.8 Å². The van der Waals surface area contributed by atoms with Crippen LogP contribution >= 0.6 is 0 Å². The maximum atomic E-state index is 11.4. The van der Waals surface area contributed by atoms with E-state index in [1.807, 2.05) is 20.8 Å². The van der Waals surface area contributed by atoms with E-state index >= 15 is 0 Å². The Labute approximate surface area is 84.2 Å². The van der Waals surface area contributed by atoms with Gasteiger partial charge in [-0.1, -0.05) is 20.8 Å². The van der Waals surface area contributed by atoms with E-state index in [-0.39, 0.29) is 17.2 Å². The summed E-state index contributed by atoms with van der Waals surface area (Å²) in [7, 11) is 0. The van der Waals surface area contributed by atoms with Crippen LogP contribution in [-0.2, 0) is 9.59 Å². The van der Waals surface area contributed by atoms with Crippen molar-refractivity contribution < 1.29 is 9.59 Å². The molecule has 0 saturated heterocycles. The van der Waals surface area contributed by atoms with Crippen molar-refractivity contribution in [3.05, 3.63) is 0 Å². The number of primary amides is 1. The van der Waals surface area contributed by atoms with Crippen molar-refractivity contribution in [2.24, 2.45) is 17.1 Å². The predicted octanol–water partition coefficient (Wildman–Crippen LogP) is 0.413. The summed E-state index contributed by atoms with van der Waals surface area (Å²) >= 11 is 0. The quantitative estimate of drug-likeness (QED) is 0.689. The van der Waals surface area contributed by atoms with Gasteiger partial charge in [-0.2, -0.15) is 0 Å². The van der Waals surface area contributed by atoms with Crippen molar-refractivity contribution in [2.45, 2.75) is 39.7 Å². The number of hydrogen-bond acceptors (Lipinski definition) is 2. The van der Waals surface area contributed by atoms with Gasteiger partial charge in [0.25, 0.3) is 0 Å². The molecule has 0 heterocycles. The molecule has 0 aromatic heterocycles. The number of carbonyl (C=O) groups is 2. The highest BCUT2D eigenvalue weighted by Crippen LogP contribution is 2.30. The van der Waals surface area contributed by atoms with Gasteiger partial charge in [-0.15, -0.1) is 0 Å². The lowest BCUT2D eigenvalue weighted by Crippen LogP contribution is -2.52. The lowest BCUT2D eigenvalue weighted by Gasteiger charge is -2.28. The van der Waals surface area contributed by atoms with Gasteiger partial charge in [0.05, 0.1) is 0 Å². The first kappa shape index (κ1) is 11.0. The molecule has 0 aromatic rings. The second-order valence-corrected chi connectivity index (χ2v) is 4.98. The van der Waals surface area contributed by atoms with Gasteiger partial charge in [0, 0.05) is 5.92 Å². The molecule has 0 spiro atoms. The van der Waals surface area contributed by atoms with Crippen LogP contribution in [0.1, 0.15) is 33.6 Å². The lowest BCUT2D eigenvalue weighted by atomic mass is 9.86. The Balaban J connectivity index is 2.59. The predicted molar refractivity (Wildman–Crippen MR) is 53.3 cm³/mol. The van der Waals surface area contributed by atoms with Crippen molar-refractivity contribution in [1.29, 1.82) is 0 Å². The molecule has 0 bridgehead atoms. The monoisotopic (exact) mass is 198 g/mol. The summed E-state index contributed by atoms with van der Waals surface area (Å²) in [5.41, 5.74) is 4.92. The molecule has 0 aromatic carbocycles. The minimum absolute atomic E-state index is 0.0382. The molecular formula is C10H18N2O2. The molecule has 1 atom stereocenters. The number of nitrogens with one attached hydrogen (secondary N) is 1. The molecule has 1 aliphatic carbocycles. The number of carbonyl (C=O) groups excluding carboxylic acids is 2. The van der Waals surface area contributed by atoms with Crippen LogP contribution in [0.2, 0.25) is 0 Å². The van der Waals surface area contributed by atoms with Gasteiger partial charge in [-0.05, 0) is 18.3 Å². The molecule has 0 radical (unpaired) electrons. The highest BCUT2D eigenvalue weighted by atomic mass is 16.2. The zero-order valence-corrected chi connectivity index (χ0v) is 8.96. The van der Waals surface area contributed by atoms with Gasteiger partial charge in [-0.25, -0.2) is 0 Å². The topological polar surface area (TPSA) is 72.2 Å². The van der Waals surface area contributed by atoms with E-state index in [0.29, 0.717) is 0 Å². The summed E-state index contributed by atoms with van der Waals surface area (Å²) in [6.07, 6.45) is 1.86. The summed E-state index contributed by atoms with van der Waals surface area (Å²) in [6, 6.07) is -0.574. The molecule has 1 fully saturated rings. The molecule has 80 valence electrons. The fourth-order valence-corrected chi connectivity index (χ4v) is 1.32. The van der Waals surface area contributed by atoms with Crippen LogP contribution in [0, 0.1) is 11.3 Å². The molecule has 3 N–H and O–H groups in total. The van der Waals surface area contributed by atoms with Gasteiger partial charge >= 0.3 is 0 Å². The van der Waals surface area contributed by atoms with Crippen LogP contribution in [0.25, 0.3) is 0 Å². The first-order chi connectivity index (χ1) is 6.32. The highest BCUT2D eigenvalue weighted by Gasteiger charge is 2.36. The van der Waals surface area contributed by atoms with E-state index < -0.39 is 11.9 Å². The third kappa shape index (κ3) is 2.72. The molecule has 0 aliphatic heterocycles. The Kier molecular flexibility index (Phi) is 2.83. The second kappa shape index (κ2) is 3.59. The lowest BCUT2D eigenvalue weighted by molar-refractivity contribution is -0.130. The summed E-state index contributed by atoms with van der Waals surface area (Å²) in [5.74, 6) is -0.394. The molecule has 4 nitrogen and oxygen atoms in total. The van der Waals surface area contributed by atoms with Crippen LogP contribution in [0.15, 0.2) is 0 Å². The van der Waals surface area contributed by atoms with Crippen LogP contribution in [-0.4, -0.2) is 17.9 Å². The maximum absolute atomic E-state index is 11.4. The fourth-order valence-electron chi connectivity index (χ4n) is 1.32. The van der Waals surface area contributed by atoms with E-state index in [1.165, 1.54) is 0 Å². The van der Waals surface area contributed by atoms with E-state index in [4.69, 9.17) is 5.73 Å². The third-order valence-electron chi connectivity index (χ3n) is 2.39. The van der Waals surface area contributed by atoms with Crippen molar-refractivity contribution in [3.63, 3.8) is 0 Å². The Hall–Kier alpha value is -1.06. The molecule has 4 heteroatoms. The summed E-state index contributed by atoms with van der Waals surface area (Å²) in [6.45, 7) is 5.65. The smallest absolute Gasteiger partial charge is 0.240 e. The van der Waals surface area contributed by atoms with Crippen molar-refractivity contribution in [2.75, 3.05) is 0 Å². The van der Waals surface area contributed by atoms with Crippen LogP contribution in [0.5, 0.6) is 0 Å². The van der Waals surface area contributed by atoms with Crippen molar-refractivity contribution in [3.8, 4) is 0 Å². The average Bonchev–Trinajstić information content (AvgIpc) is 2.78. The van der Waals surface area contributed by atoms with Gasteiger partial charge < -0.3 is 11.1 Å². The van der Waals surface area contributed by atoms with E-state index in [2.05, 4.69) is 5.32 Å². The highest BCUT2D eigenvalue weighted by molar-refractivity contribution is 5.89. The van der Waals surface area contributed by atoms with E-state index in [9.17, 15) is 9.59 Å². The molecule has 14 heavy (non-hydrogen) atoms. The first-order valence-corrected chi connectivity index (χ1v) is 4.92. The number of amides is 2. The van der Waals surface area contributed by atoms with Crippen LogP contribution in [0.4, 0.5) is 0 Å². The minimum atomic E-state index is -0.574. The van der Waals surface area contributed by atoms with Gasteiger partial charge in [0.1, 0.15) is 6.04 Å². The standard InChI is InChI=1S/C10H18N2O2/c1-10(2,3)7(8(11)13)12-9(14)6-4-5-6/h6-7H,4-5H2,1-3H3,(H2,11,13)(H,12,14)/t7-/m1/s1. The van der Waals surface area contributed by atoms with Gasteiger partial charge in [-0.3, -0.25) is 9.59 Å². The Morgan fingerprint density at radius 3 is 2.14 bits per heavy atom. The van der Waals surface area contributed by atoms with Crippen LogP contribution < -0.4 is 11.1 Å². The molecule has 1 aliphatic rings. The van der Waals surface area contributed by atoms with E-state index in [0.717, 1.165) is 12.8 Å². The third-order valence-corrected chi connectivity index (χ3v) is 2.39. The first-order valence-electron chi connectivity index (χ1n) is 4.92. The minimum Gasteiger partial charge on any atom is -0.368 e. The summed E-state index contributed by atoms with van der Waals surface area (Å²) in [4.78, 5) is 22.6. The molecule has 0 unspecified atom stereocenters. The zero-order valence-electron chi connectivity index (χ0n) is 8.96. The fraction of sp³-hybridized carbons (Fsp3) is 0.800. The largest absolute Gasteiger partial charge is 0.368 e. The Morgan fingerprint density at radius 2 is 1.86 bits per heavy atom.